The van der Waals surface area contributed by atoms with E-state index in [2.05, 4.69) is 39.8 Å². The maximum atomic E-state index is 13.2. The van der Waals surface area contributed by atoms with E-state index in [1.54, 1.807) is 0 Å². The number of piperidine rings is 2. The molecule has 6 atom stereocenters. The molecule has 0 spiro atoms. The van der Waals surface area contributed by atoms with E-state index >= 15 is 0 Å². The van der Waals surface area contributed by atoms with Gasteiger partial charge in [0, 0.05) is 31.8 Å². The molecule has 0 N–H and O–H groups in total. The number of benzene rings is 2. The number of hydrogen-bond acceptors (Lipinski definition) is 6. The lowest BCUT2D eigenvalue weighted by molar-refractivity contribution is -0.184. The van der Waals surface area contributed by atoms with Crippen LogP contribution in [0.25, 0.3) is 0 Å². The number of amides is 2. The van der Waals surface area contributed by atoms with Gasteiger partial charge in [-0.25, -0.2) is 0 Å². The molecule has 4 saturated heterocycles. The topological polar surface area (TPSA) is 93.2 Å². The van der Waals surface area contributed by atoms with E-state index in [0.717, 1.165) is 17.5 Å². The number of ether oxygens (including phenoxy) is 2. The van der Waals surface area contributed by atoms with Gasteiger partial charge in [0.1, 0.15) is 12.2 Å². The van der Waals surface area contributed by atoms with Crippen LogP contribution in [-0.2, 0) is 41.7 Å². The fraction of sp³-hybridized carbons (Fsp3) is 0.556. The SMILES string of the molecule is CC(C)[C@@H]1C[C@H]2[C@H](C[C@@H](C(C)C)C(=O)N2Cc2ccccc2)OC1=O.O=C1CC[C@H]2[C@H](CCC(=O)N2Cc2ccccc2)O1. The summed E-state index contributed by atoms with van der Waals surface area (Å²) in [6, 6.07) is 20.1. The molecule has 4 aliphatic rings. The molecule has 8 nitrogen and oxygen atoms in total. The lowest BCUT2D eigenvalue weighted by Gasteiger charge is -2.48. The smallest absolute Gasteiger partial charge is 0.309 e. The first-order chi connectivity index (χ1) is 21.1. The molecule has 44 heavy (non-hydrogen) atoms. The highest BCUT2D eigenvalue weighted by molar-refractivity contribution is 5.82. The molecule has 2 aromatic rings. The molecule has 0 bridgehead atoms. The Kier molecular flexibility index (Phi) is 10.1. The van der Waals surface area contributed by atoms with Crippen molar-refractivity contribution in [3.05, 3.63) is 71.8 Å². The number of likely N-dealkylation sites (tertiary alicyclic amines) is 2. The average molecular weight is 603 g/mol. The monoisotopic (exact) mass is 602 g/mol. The Morgan fingerprint density at radius 1 is 0.659 bits per heavy atom. The summed E-state index contributed by atoms with van der Waals surface area (Å²) in [6.45, 7) is 9.45. The first-order valence-electron chi connectivity index (χ1n) is 16.2. The molecule has 0 aliphatic carbocycles. The largest absolute Gasteiger partial charge is 0.460 e. The molecule has 2 amide bonds. The third-order valence-electron chi connectivity index (χ3n) is 9.70. The minimum atomic E-state index is -0.170. The summed E-state index contributed by atoms with van der Waals surface area (Å²) < 4.78 is 11.2. The zero-order chi connectivity index (χ0) is 31.4. The van der Waals surface area contributed by atoms with Crippen LogP contribution in [0.2, 0.25) is 0 Å². The van der Waals surface area contributed by atoms with Crippen LogP contribution in [0, 0.1) is 23.7 Å². The minimum Gasteiger partial charge on any atom is -0.460 e. The number of hydrogen-bond donors (Lipinski definition) is 0. The minimum absolute atomic E-state index is 0.00666. The second-order valence-electron chi connectivity index (χ2n) is 13.3. The van der Waals surface area contributed by atoms with E-state index in [-0.39, 0.29) is 71.7 Å². The van der Waals surface area contributed by atoms with Gasteiger partial charge in [-0.2, -0.15) is 0 Å². The summed E-state index contributed by atoms with van der Waals surface area (Å²) in [5.74, 6) is 0.432. The normalized spacial score (nSPS) is 28.5. The van der Waals surface area contributed by atoms with Gasteiger partial charge in [0.15, 0.2) is 0 Å². The lowest BCUT2D eigenvalue weighted by Crippen LogP contribution is -2.60. The second-order valence-corrected chi connectivity index (χ2v) is 13.3. The van der Waals surface area contributed by atoms with Gasteiger partial charge >= 0.3 is 11.9 Å². The first kappa shape index (κ1) is 31.7. The fourth-order valence-electron chi connectivity index (χ4n) is 7.11. The van der Waals surface area contributed by atoms with Crippen LogP contribution in [0.5, 0.6) is 0 Å². The highest BCUT2D eigenvalue weighted by atomic mass is 16.6. The van der Waals surface area contributed by atoms with Gasteiger partial charge in [0.25, 0.3) is 0 Å². The zero-order valence-electron chi connectivity index (χ0n) is 26.4. The van der Waals surface area contributed by atoms with Crippen molar-refractivity contribution in [3.8, 4) is 0 Å². The number of carbonyl (C=O) groups is 4. The van der Waals surface area contributed by atoms with E-state index < -0.39 is 0 Å². The Morgan fingerprint density at radius 3 is 1.84 bits per heavy atom. The number of esters is 2. The van der Waals surface area contributed by atoms with Crippen molar-refractivity contribution in [1.29, 1.82) is 0 Å². The number of fused-ring (bicyclic) bond motifs is 2. The molecule has 4 heterocycles. The molecule has 2 aromatic carbocycles. The van der Waals surface area contributed by atoms with Crippen molar-refractivity contribution in [2.75, 3.05) is 0 Å². The third-order valence-corrected chi connectivity index (χ3v) is 9.70. The van der Waals surface area contributed by atoms with Gasteiger partial charge in [-0.3, -0.25) is 19.2 Å². The summed E-state index contributed by atoms with van der Waals surface area (Å²) in [5, 5.41) is 0. The predicted octanol–water partition coefficient (Wildman–Crippen LogP) is 5.53. The van der Waals surface area contributed by atoms with E-state index in [9.17, 15) is 19.2 Å². The van der Waals surface area contributed by atoms with Gasteiger partial charge in [0.2, 0.25) is 11.8 Å². The van der Waals surface area contributed by atoms with Crippen LogP contribution < -0.4 is 0 Å². The highest BCUT2D eigenvalue weighted by Gasteiger charge is 2.49. The molecular weight excluding hydrogens is 556 g/mol. The van der Waals surface area contributed by atoms with Gasteiger partial charge in [-0.15, -0.1) is 0 Å². The van der Waals surface area contributed by atoms with Crippen molar-refractivity contribution in [2.24, 2.45) is 23.7 Å². The van der Waals surface area contributed by atoms with Gasteiger partial charge < -0.3 is 19.3 Å². The van der Waals surface area contributed by atoms with E-state index in [0.29, 0.717) is 45.2 Å². The Balaban J connectivity index is 0.000000181. The second kappa shape index (κ2) is 14.0. The first-order valence-corrected chi connectivity index (χ1v) is 16.2. The summed E-state index contributed by atoms with van der Waals surface area (Å²) in [4.78, 5) is 52.9. The molecule has 4 aliphatic heterocycles. The molecule has 0 radical (unpaired) electrons. The van der Waals surface area contributed by atoms with Crippen LogP contribution >= 0.6 is 0 Å². The van der Waals surface area contributed by atoms with Crippen LogP contribution in [-0.4, -0.2) is 57.8 Å². The molecule has 0 saturated carbocycles. The Hall–Kier alpha value is -3.68. The van der Waals surface area contributed by atoms with Gasteiger partial charge in [-0.1, -0.05) is 88.4 Å². The van der Waals surface area contributed by atoms with E-state index in [1.165, 1.54) is 0 Å². The maximum Gasteiger partial charge on any atom is 0.309 e. The summed E-state index contributed by atoms with van der Waals surface area (Å²) >= 11 is 0. The highest BCUT2D eigenvalue weighted by Crippen LogP contribution is 2.39. The standard InChI is InChI=1S/C21H29NO3.C15H17NO3/c1-13(2)16-11-19-18(10-17(14(3)4)21(24)25-19)22(20(16)23)12-15-8-6-5-7-9-15;17-14-8-7-13-12(6-9-15(18)19-13)16(14)10-11-4-2-1-3-5-11/h5-9,13-14,16-19H,10-12H2,1-4H3;1-5,12-13H,6-10H2/t16-,17-,18-,19-;12-,13-/m00/s1. The third kappa shape index (κ3) is 7.16. The summed E-state index contributed by atoms with van der Waals surface area (Å²) in [5.41, 5.74) is 2.24. The van der Waals surface area contributed by atoms with Gasteiger partial charge in [0.05, 0.1) is 18.0 Å². The molecule has 6 rings (SSSR count). The van der Waals surface area contributed by atoms with E-state index in [4.69, 9.17) is 9.47 Å². The summed E-state index contributed by atoms with van der Waals surface area (Å²) in [6.07, 6.45) is 3.37. The maximum absolute atomic E-state index is 13.2. The van der Waals surface area contributed by atoms with Crippen LogP contribution in [0.15, 0.2) is 60.7 Å². The molecule has 0 aromatic heterocycles. The predicted molar refractivity (Wildman–Crippen MR) is 166 cm³/mol. The van der Waals surface area contributed by atoms with Crippen LogP contribution in [0.4, 0.5) is 0 Å². The van der Waals surface area contributed by atoms with Gasteiger partial charge in [-0.05, 0) is 48.6 Å². The molecule has 8 heteroatoms. The van der Waals surface area contributed by atoms with Crippen LogP contribution in [0.1, 0.15) is 77.3 Å². The quantitative estimate of drug-likeness (QED) is 0.404. The van der Waals surface area contributed by atoms with Crippen molar-refractivity contribution in [2.45, 2.75) is 104 Å². The Morgan fingerprint density at radius 2 is 1.25 bits per heavy atom. The van der Waals surface area contributed by atoms with Crippen LogP contribution in [0.3, 0.4) is 0 Å². The van der Waals surface area contributed by atoms with Crippen molar-refractivity contribution in [1.82, 2.24) is 9.80 Å². The summed E-state index contributed by atoms with van der Waals surface area (Å²) in [7, 11) is 0. The lowest BCUT2D eigenvalue weighted by atomic mass is 9.76. The van der Waals surface area contributed by atoms with E-state index in [1.807, 2.05) is 58.3 Å². The van der Waals surface area contributed by atoms with Crippen molar-refractivity contribution < 1.29 is 28.7 Å². The zero-order valence-corrected chi connectivity index (χ0v) is 26.4. The average Bonchev–Trinajstić information content (AvgIpc) is 3.01. The molecule has 236 valence electrons. The molecule has 0 unspecified atom stereocenters. The van der Waals surface area contributed by atoms with Crippen molar-refractivity contribution >= 4 is 23.8 Å². The fourth-order valence-corrected chi connectivity index (χ4v) is 7.11. The molecular formula is C36H46N2O6. The number of rotatable bonds is 6. The molecule has 4 fully saturated rings. The number of nitrogens with zero attached hydrogens (tertiary/aromatic N) is 2. The number of carbonyl (C=O) groups excluding carboxylic acids is 4. The Bertz CT molecular complexity index is 1310. The van der Waals surface area contributed by atoms with Crippen molar-refractivity contribution in [3.63, 3.8) is 0 Å². The Labute approximate surface area is 261 Å².